The van der Waals surface area contributed by atoms with E-state index in [0.29, 0.717) is 12.0 Å². The van der Waals surface area contributed by atoms with Gasteiger partial charge in [-0.2, -0.15) is 0 Å². The largest absolute Gasteiger partial charge is 0.353 e. The van der Waals surface area contributed by atoms with Gasteiger partial charge >= 0.3 is 0 Å². The van der Waals surface area contributed by atoms with Crippen molar-refractivity contribution < 1.29 is 4.79 Å². The maximum atomic E-state index is 11.9. The highest BCUT2D eigenvalue weighted by Crippen LogP contribution is 2.24. The van der Waals surface area contributed by atoms with Crippen LogP contribution in [0.1, 0.15) is 19.3 Å². The maximum absolute atomic E-state index is 11.9. The van der Waals surface area contributed by atoms with Crippen LogP contribution in [0.25, 0.3) is 0 Å². The third kappa shape index (κ3) is 2.63. The molecule has 1 aliphatic heterocycles. The summed E-state index contributed by atoms with van der Waals surface area (Å²) in [6, 6.07) is 0.440. The minimum atomic E-state index is 0.0813. The van der Waals surface area contributed by atoms with Crippen LogP contribution in [-0.2, 0) is 4.79 Å². The van der Waals surface area contributed by atoms with Crippen LogP contribution in [0.2, 0.25) is 0 Å². The number of carbonyl (C=O) groups is 1. The van der Waals surface area contributed by atoms with Gasteiger partial charge in [-0.25, -0.2) is 9.97 Å². The summed E-state index contributed by atoms with van der Waals surface area (Å²) < 4.78 is 0.869. The molecule has 1 unspecified atom stereocenters. The first kappa shape index (κ1) is 11.9. The van der Waals surface area contributed by atoms with Crippen molar-refractivity contribution in [2.45, 2.75) is 25.3 Å². The van der Waals surface area contributed by atoms with Gasteiger partial charge in [0.1, 0.15) is 0 Å². The van der Waals surface area contributed by atoms with Crippen LogP contribution in [0.5, 0.6) is 0 Å². The van der Waals surface area contributed by atoms with E-state index in [4.69, 9.17) is 0 Å². The first-order chi connectivity index (χ1) is 8.72. The van der Waals surface area contributed by atoms with Gasteiger partial charge < -0.3 is 10.2 Å². The lowest BCUT2D eigenvalue weighted by Gasteiger charge is -2.15. The Bertz CT molecular complexity index is 446. The number of aromatic nitrogens is 2. The molecule has 3 rings (SSSR count). The summed E-state index contributed by atoms with van der Waals surface area (Å²) in [5.74, 6) is 0.981. The van der Waals surface area contributed by atoms with Crippen LogP contribution in [-0.4, -0.2) is 35.0 Å². The lowest BCUT2D eigenvalue weighted by Crippen LogP contribution is -2.34. The Morgan fingerprint density at radius 1 is 1.33 bits per heavy atom. The van der Waals surface area contributed by atoms with Crippen molar-refractivity contribution >= 4 is 27.8 Å². The summed E-state index contributed by atoms with van der Waals surface area (Å²) in [5, 5.41) is 3.06. The summed E-state index contributed by atoms with van der Waals surface area (Å²) in [6.45, 7) is 1.57. The van der Waals surface area contributed by atoms with E-state index >= 15 is 0 Å². The molecule has 1 saturated carbocycles. The molecule has 1 atom stereocenters. The summed E-state index contributed by atoms with van der Waals surface area (Å²) in [7, 11) is 0. The smallest absolute Gasteiger partial charge is 0.225 e. The molecule has 1 aromatic rings. The molecule has 1 N–H and O–H groups in total. The SMILES string of the molecule is O=C(NC1CC1)C1CCN(c2ncc(Br)cn2)C1. The number of anilines is 1. The van der Waals surface area contributed by atoms with E-state index in [9.17, 15) is 4.79 Å². The molecule has 18 heavy (non-hydrogen) atoms. The molecule has 6 heteroatoms. The normalized spacial score (nSPS) is 23.2. The minimum Gasteiger partial charge on any atom is -0.353 e. The average molecular weight is 311 g/mol. The summed E-state index contributed by atoms with van der Waals surface area (Å²) in [5.41, 5.74) is 0. The maximum Gasteiger partial charge on any atom is 0.225 e. The monoisotopic (exact) mass is 310 g/mol. The van der Waals surface area contributed by atoms with E-state index in [0.717, 1.165) is 36.8 Å². The van der Waals surface area contributed by atoms with Gasteiger partial charge in [-0.05, 0) is 35.2 Å². The van der Waals surface area contributed by atoms with E-state index < -0.39 is 0 Å². The molecule has 5 nitrogen and oxygen atoms in total. The molecule has 0 spiro atoms. The average Bonchev–Trinajstić information content (AvgIpc) is 3.04. The highest BCUT2D eigenvalue weighted by Gasteiger charge is 2.32. The first-order valence-electron chi connectivity index (χ1n) is 6.25. The lowest BCUT2D eigenvalue weighted by atomic mass is 10.1. The first-order valence-corrected chi connectivity index (χ1v) is 7.04. The van der Waals surface area contributed by atoms with E-state index in [2.05, 4.69) is 36.1 Å². The molecular weight excluding hydrogens is 296 g/mol. The zero-order chi connectivity index (χ0) is 12.5. The molecular formula is C12H15BrN4O. The van der Waals surface area contributed by atoms with Crippen molar-refractivity contribution in [1.82, 2.24) is 15.3 Å². The van der Waals surface area contributed by atoms with Crippen LogP contribution in [0.15, 0.2) is 16.9 Å². The predicted octanol–water partition coefficient (Wildman–Crippen LogP) is 1.34. The second-order valence-electron chi connectivity index (χ2n) is 4.92. The summed E-state index contributed by atoms with van der Waals surface area (Å²) >= 11 is 3.32. The van der Waals surface area contributed by atoms with Crippen LogP contribution >= 0.6 is 15.9 Å². The standard InChI is InChI=1S/C12H15BrN4O/c13-9-5-14-12(15-6-9)17-4-3-8(7-17)11(18)16-10-1-2-10/h5-6,8,10H,1-4,7H2,(H,16,18). The van der Waals surface area contributed by atoms with Gasteiger partial charge in [0.2, 0.25) is 11.9 Å². The molecule has 1 aromatic heterocycles. The van der Waals surface area contributed by atoms with Crippen molar-refractivity contribution in [2.24, 2.45) is 5.92 Å². The Labute approximate surface area is 114 Å². The number of hydrogen-bond acceptors (Lipinski definition) is 4. The number of rotatable bonds is 3. The second-order valence-corrected chi connectivity index (χ2v) is 5.83. The van der Waals surface area contributed by atoms with Crippen LogP contribution in [0, 0.1) is 5.92 Å². The molecule has 1 saturated heterocycles. The van der Waals surface area contributed by atoms with Gasteiger partial charge in [-0.15, -0.1) is 0 Å². The van der Waals surface area contributed by atoms with E-state index in [1.54, 1.807) is 12.4 Å². The van der Waals surface area contributed by atoms with E-state index in [-0.39, 0.29) is 11.8 Å². The zero-order valence-corrected chi connectivity index (χ0v) is 11.6. The van der Waals surface area contributed by atoms with Crippen molar-refractivity contribution in [2.75, 3.05) is 18.0 Å². The molecule has 0 aromatic carbocycles. The number of nitrogens with one attached hydrogen (secondary N) is 1. The van der Waals surface area contributed by atoms with Crippen molar-refractivity contribution in [3.05, 3.63) is 16.9 Å². The fourth-order valence-corrected chi connectivity index (χ4v) is 2.38. The Kier molecular flexibility index (Phi) is 3.20. The van der Waals surface area contributed by atoms with Crippen LogP contribution in [0.3, 0.4) is 0 Å². The third-order valence-electron chi connectivity index (χ3n) is 3.37. The Hall–Kier alpha value is -1.17. The molecule has 0 radical (unpaired) electrons. The topological polar surface area (TPSA) is 58.1 Å². The predicted molar refractivity (Wildman–Crippen MR) is 71.2 cm³/mol. The second kappa shape index (κ2) is 4.84. The molecule has 1 aliphatic carbocycles. The fraction of sp³-hybridized carbons (Fsp3) is 0.583. The van der Waals surface area contributed by atoms with Crippen LogP contribution < -0.4 is 10.2 Å². The minimum absolute atomic E-state index is 0.0813. The van der Waals surface area contributed by atoms with Crippen molar-refractivity contribution in [1.29, 1.82) is 0 Å². The summed E-state index contributed by atoms with van der Waals surface area (Å²) in [6.07, 6.45) is 6.63. The Morgan fingerprint density at radius 2 is 2.06 bits per heavy atom. The van der Waals surface area contributed by atoms with Gasteiger partial charge in [-0.1, -0.05) is 0 Å². The van der Waals surface area contributed by atoms with E-state index in [1.165, 1.54) is 0 Å². The molecule has 1 amide bonds. The van der Waals surface area contributed by atoms with Crippen molar-refractivity contribution in [3.63, 3.8) is 0 Å². The molecule has 0 bridgehead atoms. The van der Waals surface area contributed by atoms with Crippen LogP contribution in [0.4, 0.5) is 5.95 Å². The Morgan fingerprint density at radius 3 is 2.72 bits per heavy atom. The highest BCUT2D eigenvalue weighted by atomic mass is 79.9. The number of nitrogens with zero attached hydrogens (tertiary/aromatic N) is 3. The zero-order valence-electron chi connectivity index (χ0n) is 9.97. The van der Waals surface area contributed by atoms with E-state index in [1.807, 2.05) is 0 Å². The molecule has 96 valence electrons. The van der Waals surface area contributed by atoms with Gasteiger partial charge in [0.25, 0.3) is 0 Å². The van der Waals surface area contributed by atoms with Gasteiger partial charge in [0.05, 0.1) is 10.4 Å². The van der Waals surface area contributed by atoms with Gasteiger partial charge in [0.15, 0.2) is 0 Å². The summed E-state index contributed by atoms with van der Waals surface area (Å²) in [4.78, 5) is 22.5. The quantitative estimate of drug-likeness (QED) is 0.915. The number of amides is 1. The highest BCUT2D eigenvalue weighted by molar-refractivity contribution is 9.10. The number of hydrogen-bond donors (Lipinski definition) is 1. The van der Waals surface area contributed by atoms with Gasteiger partial charge in [-0.3, -0.25) is 4.79 Å². The third-order valence-corrected chi connectivity index (χ3v) is 3.78. The lowest BCUT2D eigenvalue weighted by molar-refractivity contribution is -0.124. The van der Waals surface area contributed by atoms with Crippen molar-refractivity contribution in [3.8, 4) is 0 Å². The molecule has 2 heterocycles. The Balaban J connectivity index is 1.60. The fourth-order valence-electron chi connectivity index (χ4n) is 2.17. The number of halogens is 1. The molecule has 2 fully saturated rings. The molecule has 2 aliphatic rings. The number of carbonyl (C=O) groups excluding carboxylic acids is 1. The van der Waals surface area contributed by atoms with Gasteiger partial charge in [0, 0.05) is 31.5 Å².